The van der Waals surface area contributed by atoms with Crippen LogP contribution >= 0.6 is 0 Å². The van der Waals surface area contributed by atoms with E-state index in [4.69, 9.17) is 18.9 Å². The van der Waals surface area contributed by atoms with E-state index in [1.54, 1.807) is 7.11 Å². The Bertz CT molecular complexity index is 148. The molecule has 0 aromatic rings. The lowest BCUT2D eigenvalue weighted by molar-refractivity contribution is -0.0289. The minimum atomic E-state index is -0.565. The summed E-state index contributed by atoms with van der Waals surface area (Å²) in [4.78, 5) is 0. The zero-order chi connectivity index (χ0) is 12.8. The molecule has 6 nitrogen and oxygen atoms in total. The SMILES string of the molecule is CNCCOCCOCCOCC(O)COC. The Hall–Kier alpha value is -0.240. The molecule has 17 heavy (non-hydrogen) atoms. The first-order chi connectivity index (χ1) is 8.31. The lowest BCUT2D eigenvalue weighted by atomic mass is 10.4. The van der Waals surface area contributed by atoms with Gasteiger partial charge in [0, 0.05) is 13.7 Å². The number of aliphatic hydroxyl groups excluding tert-OH is 1. The van der Waals surface area contributed by atoms with Crippen LogP contribution in [-0.4, -0.2) is 78.2 Å². The molecule has 0 aliphatic rings. The highest BCUT2D eigenvalue weighted by Crippen LogP contribution is 1.87. The molecule has 0 spiro atoms. The lowest BCUT2D eigenvalue weighted by Crippen LogP contribution is -2.22. The summed E-state index contributed by atoms with van der Waals surface area (Å²) in [6.45, 7) is 4.24. The minimum absolute atomic E-state index is 0.274. The topological polar surface area (TPSA) is 69.2 Å². The van der Waals surface area contributed by atoms with Gasteiger partial charge in [0.05, 0.1) is 46.2 Å². The van der Waals surface area contributed by atoms with Crippen LogP contribution in [0.3, 0.4) is 0 Å². The van der Waals surface area contributed by atoms with Gasteiger partial charge in [0.15, 0.2) is 0 Å². The Morgan fingerprint density at radius 3 is 2.12 bits per heavy atom. The van der Waals surface area contributed by atoms with E-state index < -0.39 is 6.10 Å². The quantitative estimate of drug-likeness (QED) is 0.420. The van der Waals surface area contributed by atoms with Crippen molar-refractivity contribution in [3.63, 3.8) is 0 Å². The predicted molar refractivity (Wildman–Crippen MR) is 64.3 cm³/mol. The lowest BCUT2D eigenvalue weighted by Gasteiger charge is -2.10. The summed E-state index contributed by atoms with van der Waals surface area (Å²) in [5, 5.41) is 12.2. The fraction of sp³-hybridized carbons (Fsp3) is 1.00. The Labute approximate surface area is 103 Å². The summed E-state index contributed by atoms with van der Waals surface area (Å²) in [7, 11) is 3.43. The molecule has 1 atom stereocenters. The van der Waals surface area contributed by atoms with Gasteiger partial charge in [0.2, 0.25) is 0 Å². The van der Waals surface area contributed by atoms with Gasteiger partial charge < -0.3 is 29.4 Å². The van der Waals surface area contributed by atoms with Crippen molar-refractivity contribution in [3.05, 3.63) is 0 Å². The van der Waals surface area contributed by atoms with Gasteiger partial charge >= 0.3 is 0 Å². The van der Waals surface area contributed by atoms with Gasteiger partial charge in [0.25, 0.3) is 0 Å². The molecule has 0 saturated heterocycles. The van der Waals surface area contributed by atoms with Crippen molar-refractivity contribution in [1.82, 2.24) is 5.32 Å². The highest BCUT2D eigenvalue weighted by Gasteiger charge is 2.02. The van der Waals surface area contributed by atoms with E-state index in [1.807, 2.05) is 7.05 Å². The highest BCUT2D eigenvalue weighted by atomic mass is 16.5. The number of likely N-dealkylation sites (N-methyl/N-ethyl adjacent to an activating group) is 1. The molecular weight excluding hydrogens is 226 g/mol. The molecule has 0 aromatic carbocycles. The molecule has 0 rings (SSSR count). The summed E-state index contributed by atoms with van der Waals surface area (Å²) in [5.74, 6) is 0. The van der Waals surface area contributed by atoms with Gasteiger partial charge in [-0.05, 0) is 7.05 Å². The first kappa shape index (κ1) is 16.8. The third kappa shape index (κ3) is 13.7. The minimum Gasteiger partial charge on any atom is -0.388 e. The smallest absolute Gasteiger partial charge is 0.101 e. The van der Waals surface area contributed by atoms with Crippen LogP contribution < -0.4 is 5.32 Å². The second kappa shape index (κ2) is 13.8. The van der Waals surface area contributed by atoms with Crippen LogP contribution in [0.15, 0.2) is 0 Å². The van der Waals surface area contributed by atoms with Crippen molar-refractivity contribution < 1.29 is 24.1 Å². The fourth-order valence-corrected chi connectivity index (χ4v) is 1.07. The van der Waals surface area contributed by atoms with E-state index in [0.29, 0.717) is 39.6 Å². The first-order valence-electron chi connectivity index (χ1n) is 5.86. The van der Waals surface area contributed by atoms with Crippen molar-refractivity contribution >= 4 is 0 Å². The molecule has 0 radical (unpaired) electrons. The van der Waals surface area contributed by atoms with Gasteiger partial charge in [-0.2, -0.15) is 0 Å². The third-order valence-electron chi connectivity index (χ3n) is 1.91. The molecule has 0 aliphatic heterocycles. The number of ether oxygens (including phenoxy) is 4. The molecule has 2 N–H and O–H groups in total. The maximum Gasteiger partial charge on any atom is 0.101 e. The summed E-state index contributed by atoms with van der Waals surface area (Å²) in [5.41, 5.74) is 0. The third-order valence-corrected chi connectivity index (χ3v) is 1.91. The number of methoxy groups -OCH3 is 1. The van der Waals surface area contributed by atoms with Crippen molar-refractivity contribution in [2.75, 3.05) is 67.0 Å². The molecule has 0 aromatic heterocycles. The zero-order valence-electron chi connectivity index (χ0n) is 10.8. The van der Waals surface area contributed by atoms with Gasteiger partial charge in [-0.25, -0.2) is 0 Å². The summed E-state index contributed by atoms with van der Waals surface area (Å²) >= 11 is 0. The molecule has 0 fully saturated rings. The van der Waals surface area contributed by atoms with Gasteiger partial charge in [-0.3, -0.25) is 0 Å². The van der Waals surface area contributed by atoms with E-state index in [-0.39, 0.29) is 6.61 Å². The summed E-state index contributed by atoms with van der Waals surface area (Å²) < 4.78 is 20.5. The molecule has 1 unspecified atom stereocenters. The average Bonchev–Trinajstić information content (AvgIpc) is 2.32. The molecule has 104 valence electrons. The zero-order valence-corrected chi connectivity index (χ0v) is 10.8. The van der Waals surface area contributed by atoms with Crippen molar-refractivity contribution in [2.45, 2.75) is 6.10 Å². The monoisotopic (exact) mass is 251 g/mol. The fourth-order valence-electron chi connectivity index (χ4n) is 1.07. The molecule has 6 heteroatoms. The predicted octanol–water partition coefficient (Wildman–Crippen LogP) is -0.737. The first-order valence-corrected chi connectivity index (χ1v) is 5.86. The van der Waals surface area contributed by atoms with E-state index >= 15 is 0 Å². The van der Waals surface area contributed by atoms with Gasteiger partial charge in [-0.1, -0.05) is 0 Å². The summed E-state index contributed by atoms with van der Waals surface area (Å²) in [6.07, 6.45) is -0.565. The van der Waals surface area contributed by atoms with E-state index in [9.17, 15) is 5.11 Å². The Kier molecular flexibility index (Phi) is 13.6. The molecule has 0 aliphatic carbocycles. The van der Waals surface area contributed by atoms with E-state index in [1.165, 1.54) is 0 Å². The molecule has 0 amide bonds. The van der Waals surface area contributed by atoms with Crippen molar-refractivity contribution in [1.29, 1.82) is 0 Å². The Morgan fingerprint density at radius 1 is 0.941 bits per heavy atom. The van der Waals surface area contributed by atoms with Crippen LogP contribution in [0, 0.1) is 0 Å². The maximum absolute atomic E-state index is 9.26. The molecular formula is C11H25NO5. The van der Waals surface area contributed by atoms with Crippen LogP contribution in [0.25, 0.3) is 0 Å². The standard InChI is InChI=1S/C11H25NO5/c1-12-3-4-15-5-6-16-7-8-17-10-11(13)9-14-2/h11-13H,3-10H2,1-2H3. The normalized spacial score (nSPS) is 12.9. The van der Waals surface area contributed by atoms with Crippen LogP contribution in [0.2, 0.25) is 0 Å². The molecule has 0 heterocycles. The number of aliphatic hydroxyl groups is 1. The van der Waals surface area contributed by atoms with Gasteiger partial charge in [0.1, 0.15) is 6.10 Å². The largest absolute Gasteiger partial charge is 0.388 e. The highest BCUT2D eigenvalue weighted by molar-refractivity contribution is 4.49. The van der Waals surface area contributed by atoms with Gasteiger partial charge in [-0.15, -0.1) is 0 Å². The Balaban J connectivity index is 2.98. The second-order valence-corrected chi connectivity index (χ2v) is 3.51. The van der Waals surface area contributed by atoms with E-state index in [2.05, 4.69) is 5.32 Å². The van der Waals surface area contributed by atoms with Crippen molar-refractivity contribution in [3.8, 4) is 0 Å². The number of hydrogen-bond donors (Lipinski definition) is 2. The number of nitrogens with one attached hydrogen (secondary N) is 1. The molecule has 0 bridgehead atoms. The maximum atomic E-state index is 9.26. The van der Waals surface area contributed by atoms with Crippen molar-refractivity contribution in [2.24, 2.45) is 0 Å². The van der Waals surface area contributed by atoms with Crippen LogP contribution in [0.4, 0.5) is 0 Å². The number of rotatable bonds is 13. The summed E-state index contributed by atoms with van der Waals surface area (Å²) in [6, 6.07) is 0. The average molecular weight is 251 g/mol. The van der Waals surface area contributed by atoms with Crippen LogP contribution in [0.1, 0.15) is 0 Å². The van der Waals surface area contributed by atoms with E-state index in [0.717, 1.165) is 6.54 Å². The van der Waals surface area contributed by atoms with Crippen LogP contribution in [-0.2, 0) is 18.9 Å². The second-order valence-electron chi connectivity index (χ2n) is 3.51. The molecule has 0 saturated carbocycles. The van der Waals surface area contributed by atoms with Crippen LogP contribution in [0.5, 0.6) is 0 Å². The number of hydrogen-bond acceptors (Lipinski definition) is 6. The Morgan fingerprint density at radius 2 is 1.53 bits per heavy atom.